The lowest BCUT2D eigenvalue weighted by Gasteiger charge is -2.24. The summed E-state index contributed by atoms with van der Waals surface area (Å²) in [5.74, 6) is 2.96. The van der Waals surface area contributed by atoms with Crippen molar-refractivity contribution in [1.29, 1.82) is 10.5 Å². The van der Waals surface area contributed by atoms with E-state index in [9.17, 15) is 9.59 Å². The first kappa shape index (κ1) is 57.1. The summed E-state index contributed by atoms with van der Waals surface area (Å²) in [7, 11) is 1.74. The zero-order valence-electron chi connectivity index (χ0n) is 44.2. The number of ether oxygens (including phenoxy) is 8. The lowest BCUT2D eigenvalue weighted by Crippen LogP contribution is -2.40. The molecule has 24 heteroatoms. The van der Waals surface area contributed by atoms with Gasteiger partial charge >= 0.3 is 11.9 Å². The van der Waals surface area contributed by atoms with Crippen molar-refractivity contribution < 1.29 is 47.5 Å². The number of nitrogens with zero attached hydrogens (tertiary/aromatic N) is 10. The third-order valence-corrected chi connectivity index (χ3v) is 12.5. The highest BCUT2D eigenvalue weighted by Gasteiger charge is 2.24. The number of carbonyl (C=O) groups excluding carboxylic acids is 2. The zero-order valence-corrected chi connectivity index (χ0v) is 44.2. The maximum absolute atomic E-state index is 12.1. The number of hydrogen-bond acceptors (Lipinski definition) is 22. The summed E-state index contributed by atoms with van der Waals surface area (Å²) in [4.78, 5) is 51.3. The second kappa shape index (κ2) is 29.1. The molecule has 8 rings (SSSR count). The minimum atomic E-state index is -0.640. The van der Waals surface area contributed by atoms with E-state index in [0.717, 1.165) is 25.7 Å². The normalized spacial score (nSPS) is 14.8. The number of likely N-dealkylation sites (N-methyl/N-ethyl adjacent to an activating group) is 1. The van der Waals surface area contributed by atoms with Gasteiger partial charge in [-0.25, -0.2) is 29.9 Å². The van der Waals surface area contributed by atoms with Gasteiger partial charge in [-0.05, 0) is 68.8 Å². The van der Waals surface area contributed by atoms with Crippen LogP contribution in [0.3, 0.4) is 0 Å². The number of imidazole rings is 2. The molecule has 0 aliphatic carbocycles. The summed E-state index contributed by atoms with van der Waals surface area (Å²) in [5.41, 5.74) is 9.24. The number of aromatic nitrogens is 8. The molecular weight excluding hydrogens is 993 g/mol. The molecule has 0 spiro atoms. The molecule has 77 heavy (non-hydrogen) atoms. The van der Waals surface area contributed by atoms with E-state index in [0.29, 0.717) is 108 Å². The van der Waals surface area contributed by atoms with Crippen molar-refractivity contribution in [2.24, 2.45) is 17.6 Å². The van der Waals surface area contributed by atoms with Gasteiger partial charge in [0.25, 0.3) is 0 Å². The number of nitrogens with two attached hydrogens (primary N) is 1. The van der Waals surface area contributed by atoms with Crippen molar-refractivity contribution >= 4 is 45.9 Å². The van der Waals surface area contributed by atoms with Gasteiger partial charge in [-0.15, -0.1) is 0 Å². The van der Waals surface area contributed by atoms with Gasteiger partial charge in [-0.3, -0.25) is 18.7 Å². The molecule has 2 saturated heterocycles. The van der Waals surface area contributed by atoms with E-state index >= 15 is 0 Å². The van der Waals surface area contributed by atoms with Crippen LogP contribution < -0.4 is 31.2 Å². The predicted octanol–water partition coefficient (Wildman–Crippen LogP) is 4.66. The Morgan fingerprint density at radius 3 is 1.48 bits per heavy atom. The molecule has 0 amide bonds. The summed E-state index contributed by atoms with van der Waals surface area (Å²) < 4.78 is 48.2. The molecule has 0 saturated carbocycles. The van der Waals surface area contributed by atoms with E-state index in [1.165, 1.54) is 12.4 Å². The second-order valence-corrected chi connectivity index (χ2v) is 18.7. The number of nitrogens with one attached hydrogen (secondary N) is 3. The summed E-state index contributed by atoms with van der Waals surface area (Å²) in [6.45, 7) is 12.4. The molecule has 0 unspecified atom stereocenters. The van der Waals surface area contributed by atoms with Crippen molar-refractivity contribution in [3.05, 3.63) is 72.6 Å². The number of anilines is 2. The van der Waals surface area contributed by atoms with Crippen LogP contribution in [-0.2, 0) is 38.0 Å². The van der Waals surface area contributed by atoms with Crippen LogP contribution in [0.2, 0.25) is 0 Å². The lowest BCUT2D eigenvalue weighted by atomic mass is 10.1. The van der Waals surface area contributed by atoms with Gasteiger partial charge < -0.3 is 59.6 Å². The largest absolute Gasteiger partial charge is 0.487 e. The van der Waals surface area contributed by atoms with E-state index < -0.39 is 12.0 Å². The van der Waals surface area contributed by atoms with Gasteiger partial charge in [-0.2, -0.15) is 10.5 Å². The topological polar surface area (TPSA) is 305 Å². The van der Waals surface area contributed by atoms with E-state index in [2.05, 4.69) is 48.0 Å². The van der Waals surface area contributed by atoms with Crippen LogP contribution in [0.5, 0.6) is 11.5 Å². The fraction of sp³-hybridized carbons (Fsp3) is 0.509. The van der Waals surface area contributed by atoms with Gasteiger partial charge in [0.2, 0.25) is 0 Å². The van der Waals surface area contributed by atoms with Crippen LogP contribution in [-0.4, -0.2) is 161 Å². The van der Waals surface area contributed by atoms with E-state index in [1.54, 1.807) is 53.1 Å². The van der Waals surface area contributed by atoms with Crippen molar-refractivity contribution in [3.8, 4) is 35.3 Å². The quantitative estimate of drug-likeness (QED) is 0.0447. The highest BCUT2D eigenvalue weighted by molar-refractivity contribution is 5.80. The Morgan fingerprint density at radius 2 is 1.09 bits per heavy atom. The molecule has 5 N–H and O–H groups in total. The average Bonchev–Trinajstić information content (AvgIpc) is 4.07. The Morgan fingerprint density at radius 1 is 0.649 bits per heavy atom. The molecule has 6 aromatic rings. The number of carbonyl (C=O) groups is 2. The predicted molar refractivity (Wildman–Crippen MR) is 283 cm³/mol. The maximum Gasteiger partial charge on any atom is 0.323 e. The SMILES string of the molecule is CC(C)[C@H](N)C(=O)OCCOCCOc1cc2ncn(-c3ccc(C#N)cn3)c2nc1NC1CCOCC1.CN[C@H](C(=O)OCCOCCOc1cc2ncn(-c3ccc(C#N)cn3)c2nc1NC1CCOCC1)C(C)C. The number of fused-ring (bicyclic) bond motifs is 2. The molecular formula is C53H68N14O10. The summed E-state index contributed by atoms with van der Waals surface area (Å²) in [5, 5.41) is 28.1. The Labute approximate surface area is 446 Å². The maximum atomic E-state index is 12.1. The number of rotatable bonds is 25. The van der Waals surface area contributed by atoms with Gasteiger partial charge in [0.15, 0.2) is 34.4 Å². The van der Waals surface area contributed by atoms with Crippen molar-refractivity contribution in [2.45, 2.75) is 77.5 Å². The Bertz CT molecular complexity index is 2910. The minimum Gasteiger partial charge on any atom is -0.487 e. The highest BCUT2D eigenvalue weighted by atomic mass is 16.6. The number of hydrogen-bond donors (Lipinski definition) is 4. The number of esters is 2. The molecule has 2 aliphatic heterocycles. The van der Waals surface area contributed by atoms with Gasteiger partial charge in [0, 0.05) is 63.0 Å². The van der Waals surface area contributed by atoms with E-state index in [4.69, 9.17) is 64.1 Å². The third kappa shape index (κ3) is 16.2. The fourth-order valence-corrected chi connectivity index (χ4v) is 8.08. The zero-order chi connectivity index (χ0) is 54.5. The fourth-order valence-electron chi connectivity index (χ4n) is 8.08. The highest BCUT2D eigenvalue weighted by Crippen LogP contribution is 2.31. The number of pyridine rings is 4. The molecule has 0 bridgehead atoms. The van der Waals surface area contributed by atoms with Gasteiger partial charge in [0.05, 0.1) is 37.6 Å². The van der Waals surface area contributed by atoms with Crippen molar-refractivity contribution in [3.63, 3.8) is 0 Å². The summed E-state index contributed by atoms with van der Waals surface area (Å²) >= 11 is 0. The van der Waals surface area contributed by atoms with Crippen LogP contribution in [0.1, 0.15) is 64.5 Å². The summed E-state index contributed by atoms with van der Waals surface area (Å²) in [6.07, 6.45) is 9.77. The molecule has 2 fully saturated rings. The van der Waals surface area contributed by atoms with Crippen molar-refractivity contribution in [2.75, 3.05) is 97.0 Å². The first-order chi connectivity index (χ1) is 37.5. The van der Waals surface area contributed by atoms with Crippen LogP contribution in [0.15, 0.2) is 61.4 Å². The first-order valence-corrected chi connectivity index (χ1v) is 25.8. The Balaban J connectivity index is 0.000000224. The molecule has 24 nitrogen and oxygen atoms in total. The monoisotopic (exact) mass is 1060 g/mol. The van der Waals surface area contributed by atoms with E-state index in [1.807, 2.05) is 39.8 Å². The minimum absolute atomic E-state index is 0.0125. The average molecular weight is 1060 g/mol. The molecule has 0 aromatic carbocycles. The van der Waals surface area contributed by atoms with Gasteiger partial charge in [0.1, 0.15) is 86.0 Å². The van der Waals surface area contributed by atoms with Crippen LogP contribution in [0, 0.1) is 34.5 Å². The Kier molecular flexibility index (Phi) is 21.6. The van der Waals surface area contributed by atoms with Crippen LogP contribution in [0.4, 0.5) is 11.6 Å². The van der Waals surface area contributed by atoms with Crippen LogP contribution >= 0.6 is 0 Å². The first-order valence-electron chi connectivity index (χ1n) is 25.8. The van der Waals surface area contributed by atoms with Gasteiger partial charge in [-0.1, -0.05) is 27.7 Å². The smallest absolute Gasteiger partial charge is 0.323 e. The third-order valence-electron chi connectivity index (χ3n) is 12.5. The lowest BCUT2D eigenvalue weighted by molar-refractivity contribution is -0.149. The summed E-state index contributed by atoms with van der Waals surface area (Å²) in [6, 6.07) is 14.2. The van der Waals surface area contributed by atoms with Crippen LogP contribution in [0.25, 0.3) is 34.0 Å². The molecule has 2 atom stereocenters. The molecule has 8 heterocycles. The molecule has 0 radical (unpaired) electrons. The second-order valence-electron chi connectivity index (χ2n) is 18.7. The standard InChI is InChI=1S/C27H35N7O5.C26H33N7O5/c1-18(2)24(29-3)27(35)39-13-11-37-10-12-38-22-14-21-26(33-25(22)32-20-6-8-36-9-7-20)34(17-31-21)23-5-4-19(15-28)16-30-23;1-17(2)23(28)26(34)38-12-10-36-9-11-37-21-13-20-25(32-24(21)31-19-5-7-35-8-6-19)33(16-30-20)22-4-3-18(14-27)15-29-22/h4-5,14,16-18,20,24,29H,6-13H2,1-3H3,(H,32,33);3-4,13,15-17,19,23H,5-12,28H2,1-2H3,(H,31,32)/t24-;23-/m00/s1. The number of nitriles is 2. The van der Waals surface area contributed by atoms with Crippen molar-refractivity contribution in [1.82, 2.24) is 44.4 Å². The Hall–Kier alpha value is -7.58. The molecule has 2 aliphatic rings. The molecule has 410 valence electrons. The van der Waals surface area contributed by atoms with E-state index in [-0.39, 0.29) is 75.6 Å². The molecule has 6 aromatic heterocycles.